The second kappa shape index (κ2) is 31.3. The molecule has 28 heteroatoms. The third kappa shape index (κ3) is 15.5. The van der Waals surface area contributed by atoms with Gasteiger partial charge in [-0.3, -0.25) is 38.0 Å². The van der Waals surface area contributed by atoms with Gasteiger partial charge in [0.05, 0.1) is 91.6 Å². The number of carbonyl (C=O) groups excluding carboxylic acids is 5. The van der Waals surface area contributed by atoms with Crippen LogP contribution < -0.4 is 57.2 Å². The minimum absolute atomic E-state index is 0. The third-order valence-corrected chi connectivity index (χ3v) is 18.2. The number of pyridine rings is 3. The van der Waals surface area contributed by atoms with Crippen LogP contribution in [0.4, 0.5) is 62.8 Å². The van der Waals surface area contributed by atoms with E-state index in [2.05, 4.69) is 93.5 Å². The van der Waals surface area contributed by atoms with Gasteiger partial charge in [-0.05, 0) is 55.5 Å². The summed E-state index contributed by atoms with van der Waals surface area (Å²) in [5.74, 6) is -0.980. The Bertz CT molecular complexity index is 4870. The fourth-order valence-corrected chi connectivity index (χ4v) is 12.9. The lowest BCUT2D eigenvalue weighted by Gasteiger charge is -2.29. The molecule has 9 N–H and O–H groups in total. The number of anilines is 11. The molecule has 5 amide bonds. The molecule has 2 fully saturated rings. The van der Waals surface area contributed by atoms with Gasteiger partial charge in [-0.1, -0.05) is 108 Å². The number of fused-ring (bicyclic) bond motifs is 9. The summed E-state index contributed by atoms with van der Waals surface area (Å²) in [5.41, 5.74) is 16.4. The van der Waals surface area contributed by atoms with E-state index in [1.807, 2.05) is 154 Å². The molecule has 15 rings (SSSR count). The molecule has 27 nitrogen and oxygen atoms in total. The Morgan fingerprint density at radius 1 is 0.471 bits per heavy atom. The summed E-state index contributed by atoms with van der Waals surface area (Å²) in [5, 5.41) is 47.9. The van der Waals surface area contributed by atoms with E-state index in [9.17, 15) is 29.1 Å². The maximum Gasteiger partial charge on any atom is 0.257 e. The lowest BCUT2D eigenvalue weighted by atomic mass is 9.99. The molecule has 10 aromatic rings. The number of halogens is 1. The highest BCUT2D eigenvalue weighted by Gasteiger charge is 2.52. The highest BCUT2D eigenvalue weighted by molar-refractivity contribution is 6.30. The number of amides is 5. The molecule has 2 aliphatic carbocycles. The highest BCUT2D eigenvalue weighted by atomic mass is 35.5. The molecular weight excluding hydrogens is 1340 g/mol. The summed E-state index contributed by atoms with van der Waals surface area (Å²) in [6, 6.07) is 32.6. The number of rotatable bonds is 16. The predicted octanol–water partition coefficient (Wildman–Crippen LogP) is 12.0. The van der Waals surface area contributed by atoms with Gasteiger partial charge in [-0.2, -0.15) is 15.3 Å². The molecule has 3 aliphatic heterocycles. The van der Waals surface area contributed by atoms with Crippen LogP contribution in [0.2, 0.25) is 5.15 Å². The molecule has 0 saturated heterocycles. The van der Waals surface area contributed by atoms with Gasteiger partial charge in [0.2, 0.25) is 0 Å². The van der Waals surface area contributed by atoms with Crippen molar-refractivity contribution in [1.29, 1.82) is 0 Å². The van der Waals surface area contributed by atoms with Crippen LogP contribution in [0.25, 0.3) is 33.8 Å². The summed E-state index contributed by atoms with van der Waals surface area (Å²) in [6.45, 7) is 2.52. The maximum absolute atomic E-state index is 13.2. The van der Waals surface area contributed by atoms with Crippen LogP contribution in [0.1, 0.15) is 109 Å². The van der Waals surface area contributed by atoms with Crippen LogP contribution in [-0.2, 0) is 61.7 Å². The first-order valence-corrected chi connectivity index (χ1v) is 32.8. The average molecular weight is 1430 g/mol. The fraction of sp³-hybridized carbons (Fsp3) is 0.303. The Balaban J connectivity index is 0.000000181. The van der Waals surface area contributed by atoms with Crippen molar-refractivity contribution in [2.75, 3.05) is 83.6 Å². The average Bonchev–Trinajstić information content (AvgIpc) is 1.45. The molecule has 0 atom stereocenters. The van der Waals surface area contributed by atoms with Crippen molar-refractivity contribution in [1.82, 2.24) is 60.2 Å². The van der Waals surface area contributed by atoms with Gasteiger partial charge < -0.3 is 67.1 Å². The monoisotopic (exact) mass is 1430 g/mol. The van der Waals surface area contributed by atoms with Crippen LogP contribution in [0, 0.1) is 0 Å². The van der Waals surface area contributed by atoms with Crippen LogP contribution in [0.3, 0.4) is 0 Å². The lowest BCUT2D eigenvalue weighted by Crippen LogP contribution is -2.32. The summed E-state index contributed by atoms with van der Waals surface area (Å²) >= 11 is 6.07. The number of ether oxygens (including phenoxy) is 1. The zero-order valence-electron chi connectivity index (χ0n) is 56.6. The first-order chi connectivity index (χ1) is 48.1. The number of aromatic nitrogens is 9. The summed E-state index contributed by atoms with van der Waals surface area (Å²) in [4.78, 5) is 82.0. The number of hydrogen-bond acceptors (Lipinski definition) is 19. The Labute approximate surface area is 610 Å². The molecule has 2 saturated carbocycles. The number of para-hydroxylation sites is 3. The Hall–Kier alpha value is -11.7. The van der Waals surface area contributed by atoms with Crippen LogP contribution >= 0.6 is 11.6 Å². The second-order valence-electron chi connectivity index (χ2n) is 25.3. The molecule has 9 heterocycles. The first-order valence-electron chi connectivity index (χ1n) is 32.4. The van der Waals surface area contributed by atoms with Gasteiger partial charge in [0.25, 0.3) is 29.5 Å². The van der Waals surface area contributed by atoms with Crippen molar-refractivity contribution in [2.45, 2.75) is 92.8 Å². The molecule has 4 aromatic carbocycles. The number of nitrogens with one attached hydrogen (secondary N) is 8. The van der Waals surface area contributed by atoms with E-state index in [1.165, 1.54) is 24.2 Å². The number of carbonyl (C=O) groups is 5. The molecule has 0 radical (unpaired) electrons. The number of aryl methyl sites for hydroxylation is 3. The topological polar surface area (TPSA) is 313 Å². The second-order valence-corrected chi connectivity index (χ2v) is 25.7. The van der Waals surface area contributed by atoms with E-state index in [-0.39, 0.29) is 59.2 Å². The van der Waals surface area contributed by atoms with Crippen LogP contribution in [0.15, 0.2) is 140 Å². The van der Waals surface area contributed by atoms with Gasteiger partial charge in [0.15, 0.2) is 0 Å². The van der Waals surface area contributed by atoms with E-state index in [4.69, 9.17) is 16.3 Å². The zero-order chi connectivity index (χ0) is 70.3. The van der Waals surface area contributed by atoms with E-state index < -0.39 is 17.1 Å². The number of benzene rings is 4. The minimum atomic E-state index is -1.32. The normalized spacial score (nSPS) is 13.7. The van der Waals surface area contributed by atoms with Crippen LogP contribution in [-0.4, -0.2) is 132 Å². The molecule has 544 valence electrons. The van der Waals surface area contributed by atoms with Crippen molar-refractivity contribution >= 4 is 104 Å². The first kappa shape index (κ1) is 76.5. The van der Waals surface area contributed by atoms with E-state index >= 15 is 0 Å². The Morgan fingerprint density at radius 2 is 0.837 bits per heavy atom. The zero-order valence-corrected chi connectivity index (χ0v) is 57.3. The maximum atomic E-state index is 13.2. The smallest absolute Gasteiger partial charge is 0.257 e. The van der Waals surface area contributed by atoms with Gasteiger partial charge in [0, 0.05) is 166 Å². The van der Waals surface area contributed by atoms with Crippen molar-refractivity contribution in [3.8, 4) is 33.8 Å². The summed E-state index contributed by atoms with van der Waals surface area (Å²) in [7, 11) is 16.5. The van der Waals surface area contributed by atoms with Gasteiger partial charge in [-0.25, -0.2) is 15.0 Å². The lowest BCUT2D eigenvalue weighted by molar-refractivity contribution is -0.131. The van der Waals surface area contributed by atoms with E-state index in [0.717, 1.165) is 91.1 Å². The standard InChI is InChI=1S/C30H31N7O3.C23H25N7O3.C19H19ClN6O.4CH4/c1-31-28(38)22-15-32-25(34-29(39)30(12-13-30)40-18-19-8-5-4-6-9-19)14-24(22)33-23-11-7-10-21-26-20(17-37(3)35-26)16-36(2)27(21)23;1-24-21(31)15-10-25-18(27-22(32)23(33)7-8-23)9-17(15)26-16-6-4-5-14-19-13(12-30(3)28-19)11-29(2)20(14)16;1-21-19(27)13-8-22-16(20)7-15(13)23-14-6-4-5-12-17-11(10-26(3)24-17)9-25(2)18(12)14;;;;/h4-11,14-15,17H,12-13,16,18H2,1-3H3,(H,31,38)(H2,32,33,34,39);4-6,9-10,12,33H,7-8,11H2,1-3H3,(H,24,31)(H2,25,26,27,32);4-8,10H,9H2,1-3H3,(H,21,27)(H,22,23);4*1H4. The largest absolute Gasteiger partial charge is 0.380 e. The van der Waals surface area contributed by atoms with Crippen LogP contribution in [0.5, 0.6) is 0 Å². The fourth-order valence-electron chi connectivity index (χ4n) is 12.7. The molecule has 0 bridgehead atoms. The number of hydrogen-bond donors (Lipinski definition) is 9. The number of aliphatic hydroxyl groups is 1. The van der Waals surface area contributed by atoms with Gasteiger partial charge in [0.1, 0.15) is 28.0 Å². The van der Waals surface area contributed by atoms with Gasteiger partial charge >= 0.3 is 0 Å². The summed E-state index contributed by atoms with van der Waals surface area (Å²) < 4.78 is 11.5. The number of nitrogens with zero attached hydrogens (tertiary/aromatic N) is 12. The molecule has 0 unspecified atom stereocenters. The SMILES string of the molecule is C.C.C.C.CNC(=O)c1cnc(Cl)cc1Nc1cccc2c1N(C)Cc1cn(C)nc1-2.CNC(=O)c1cnc(NC(=O)C2(O)CC2)cc1Nc1cccc2c1N(C)Cc1cn(C)nc1-2.CNC(=O)c1cnc(NC(=O)C2(OCc3ccccc3)CC2)cc1Nc1cccc2c1N(C)Cc1cn(C)nc1-2. The van der Waals surface area contributed by atoms with E-state index in [1.54, 1.807) is 39.3 Å². The minimum Gasteiger partial charge on any atom is -0.380 e. The van der Waals surface area contributed by atoms with Crippen molar-refractivity contribution in [3.63, 3.8) is 0 Å². The molecule has 5 aliphatic rings. The summed E-state index contributed by atoms with van der Waals surface area (Å²) in [6.07, 6.45) is 12.6. The van der Waals surface area contributed by atoms with Crippen molar-refractivity contribution < 1.29 is 33.8 Å². The van der Waals surface area contributed by atoms with Crippen molar-refractivity contribution in [2.24, 2.45) is 21.1 Å². The third-order valence-electron chi connectivity index (χ3n) is 18.0. The predicted molar refractivity (Wildman–Crippen MR) is 412 cm³/mol. The van der Waals surface area contributed by atoms with Gasteiger partial charge in [-0.15, -0.1) is 0 Å². The molecular formula is C76H91ClN20O7. The molecule has 104 heavy (non-hydrogen) atoms. The quantitative estimate of drug-likeness (QED) is 0.0406. The Kier molecular flexibility index (Phi) is 23.0. The highest BCUT2D eigenvalue weighted by Crippen LogP contribution is 2.48. The Morgan fingerprint density at radius 3 is 1.20 bits per heavy atom. The molecule has 6 aromatic heterocycles. The molecule has 0 spiro atoms. The van der Waals surface area contributed by atoms with Crippen molar-refractivity contribution in [3.05, 3.63) is 184 Å². The van der Waals surface area contributed by atoms with E-state index in [0.29, 0.717) is 90.1 Å².